The Kier molecular flexibility index (Phi) is 5.57. The third-order valence-corrected chi connectivity index (χ3v) is 13.3. The normalized spacial score (nSPS) is 52.9. The summed E-state index contributed by atoms with van der Waals surface area (Å²) in [6.07, 6.45) is 7.28. The van der Waals surface area contributed by atoms with Crippen LogP contribution in [0.1, 0.15) is 98.8 Å². The fraction of sp³-hybridized carbons (Fsp3) is 0.867. The van der Waals surface area contributed by atoms with E-state index in [-0.39, 0.29) is 39.8 Å². The van der Waals surface area contributed by atoms with Crippen molar-refractivity contribution >= 4 is 11.8 Å². The van der Waals surface area contributed by atoms with Gasteiger partial charge in [-0.2, -0.15) is 0 Å². The van der Waals surface area contributed by atoms with Gasteiger partial charge in [0, 0.05) is 18.3 Å². The van der Waals surface area contributed by atoms with Crippen molar-refractivity contribution in [3.8, 4) is 0 Å². The molecule has 35 heavy (non-hydrogen) atoms. The van der Waals surface area contributed by atoms with Crippen molar-refractivity contribution in [2.75, 3.05) is 0 Å². The Morgan fingerprint density at radius 2 is 1.63 bits per heavy atom. The van der Waals surface area contributed by atoms with Gasteiger partial charge < -0.3 is 15.3 Å². The molecule has 11 unspecified atom stereocenters. The minimum atomic E-state index is -1.18. The zero-order valence-electron chi connectivity index (χ0n) is 22.4. The van der Waals surface area contributed by atoms with Crippen molar-refractivity contribution < 1.29 is 24.9 Å². The van der Waals surface area contributed by atoms with Crippen LogP contribution in [0.25, 0.3) is 0 Å². The molecule has 3 N–H and O–H groups in total. The molecule has 0 amide bonds. The van der Waals surface area contributed by atoms with Gasteiger partial charge in [-0.25, -0.2) is 0 Å². The fourth-order valence-electron chi connectivity index (χ4n) is 11.1. The molecule has 196 valence electrons. The van der Waals surface area contributed by atoms with Crippen LogP contribution in [0.2, 0.25) is 0 Å². The number of fused-ring (bicyclic) bond motifs is 2. The molecule has 5 fully saturated rings. The Morgan fingerprint density at radius 1 is 0.971 bits per heavy atom. The number of aliphatic hydroxyl groups is 2. The van der Waals surface area contributed by atoms with E-state index in [0.717, 1.165) is 38.5 Å². The van der Waals surface area contributed by atoms with Crippen LogP contribution in [0.15, 0.2) is 12.2 Å². The van der Waals surface area contributed by atoms with E-state index in [2.05, 4.69) is 27.4 Å². The second-order valence-electron chi connectivity index (χ2n) is 14.1. The number of ketones is 1. The van der Waals surface area contributed by atoms with Gasteiger partial charge in [-0.3, -0.25) is 9.59 Å². The molecule has 0 saturated heterocycles. The monoisotopic (exact) mass is 486 g/mol. The van der Waals surface area contributed by atoms with Crippen LogP contribution in [0, 0.1) is 50.7 Å². The maximum atomic E-state index is 12.5. The first kappa shape index (κ1) is 25.4. The summed E-state index contributed by atoms with van der Waals surface area (Å²) < 4.78 is 0. The quantitative estimate of drug-likeness (QED) is 0.438. The third-order valence-electron chi connectivity index (χ3n) is 13.3. The van der Waals surface area contributed by atoms with Crippen molar-refractivity contribution in [3.05, 3.63) is 12.2 Å². The number of carbonyl (C=O) groups excluding carboxylic acids is 1. The average molecular weight is 487 g/mol. The molecular weight excluding hydrogens is 440 g/mol. The molecule has 5 aliphatic rings. The number of rotatable bonds is 6. The highest BCUT2D eigenvalue weighted by Crippen LogP contribution is 2.89. The Labute approximate surface area is 210 Å². The van der Waals surface area contributed by atoms with E-state index in [4.69, 9.17) is 0 Å². The number of carboxylic acids is 1. The number of carboxylic acid groups (broad SMARTS) is 1. The number of carbonyl (C=O) groups is 2. The van der Waals surface area contributed by atoms with Gasteiger partial charge in [-0.15, -0.1) is 0 Å². The minimum Gasteiger partial charge on any atom is -0.481 e. The summed E-state index contributed by atoms with van der Waals surface area (Å²) in [6, 6.07) is 0. The van der Waals surface area contributed by atoms with E-state index in [1.807, 2.05) is 0 Å². The van der Waals surface area contributed by atoms with Gasteiger partial charge in [0.1, 0.15) is 0 Å². The number of allylic oxidation sites excluding steroid dienone is 1. The zero-order chi connectivity index (χ0) is 25.8. The lowest BCUT2D eigenvalue weighted by Gasteiger charge is -2.63. The maximum absolute atomic E-state index is 12.5. The van der Waals surface area contributed by atoms with Crippen LogP contribution in [-0.2, 0) is 9.59 Å². The van der Waals surface area contributed by atoms with E-state index in [0.29, 0.717) is 29.7 Å². The number of aliphatic carboxylic acids is 1. The van der Waals surface area contributed by atoms with Crippen molar-refractivity contribution in [2.24, 2.45) is 50.7 Å². The number of hydrogen-bond donors (Lipinski definition) is 3. The molecule has 11 atom stereocenters. The molecule has 0 radical (unpaired) electrons. The molecule has 0 aromatic heterocycles. The Morgan fingerprint density at radius 3 is 2.26 bits per heavy atom. The van der Waals surface area contributed by atoms with Gasteiger partial charge in [-0.05, 0) is 111 Å². The Hall–Kier alpha value is -1.20. The predicted molar refractivity (Wildman–Crippen MR) is 134 cm³/mol. The lowest BCUT2D eigenvalue weighted by atomic mass is 9.41. The Balaban J connectivity index is 1.44. The van der Waals surface area contributed by atoms with Gasteiger partial charge in [0.15, 0.2) is 5.78 Å². The van der Waals surface area contributed by atoms with Crippen LogP contribution >= 0.6 is 0 Å². The molecule has 5 heteroatoms. The summed E-state index contributed by atoms with van der Waals surface area (Å²) in [5.41, 5.74) is -0.525. The standard InChI is InChI=1S/C30H46O5/c1-17(2)20(31)8-7-18(3)19-11-12-27(5)21-9-10-22-28(6,25(34)35)23(32)15-24(33)30(22)16-29(21,30)14-13-26(19,27)4/h18-19,21-24,32-33H,1,7-16H2,2-6H3,(H,34,35). The number of Topliss-reactive ketones (excluding diaryl/α,β-unsaturated/α-hetero) is 1. The van der Waals surface area contributed by atoms with Crippen molar-refractivity contribution in [2.45, 2.75) is 111 Å². The van der Waals surface area contributed by atoms with Gasteiger partial charge in [0.25, 0.3) is 0 Å². The smallest absolute Gasteiger partial charge is 0.312 e. The van der Waals surface area contributed by atoms with Gasteiger partial charge in [-0.1, -0.05) is 27.4 Å². The highest BCUT2D eigenvalue weighted by Gasteiger charge is 2.85. The molecule has 0 heterocycles. The Bertz CT molecular complexity index is 958. The van der Waals surface area contributed by atoms with E-state index < -0.39 is 23.6 Å². The third kappa shape index (κ3) is 2.89. The van der Waals surface area contributed by atoms with Crippen molar-refractivity contribution in [1.29, 1.82) is 0 Å². The van der Waals surface area contributed by atoms with Crippen LogP contribution in [0.3, 0.4) is 0 Å². The first-order valence-corrected chi connectivity index (χ1v) is 14.0. The van der Waals surface area contributed by atoms with Crippen molar-refractivity contribution in [3.63, 3.8) is 0 Å². The molecule has 2 spiro atoms. The summed E-state index contributed by atoms with van der Waals surface area (Å²) in [7, 11) is 0. The van der Waals surface area contributed by atoms with E-state index in [1.165, 1.54) is 12.8 Å². The lowest BCUT2D eigenvalue weighted by molar-refractivity contribution is -0.210. The van der Waals surface area contributed by atoms with Crippen LogP contribution in [0.4, 0.5) is 0 Å². The van der Waals surface area contributed by atoms with Crippen molar-refractivity contribution in [1.82, 2.24) is 0 Å². The largest absolute Gasteiger partial charge is 0.481 e. The van der Waals surface area contributed by atoms with Gasteiger partial charge >= 0.3 is 5.97 Å². The van der Waals surface area contributed by atoms with Crippen LogP contribution in [0.5, 0.6) is 0 Å². The maximum Gasteiger partial charge on any atom is 0.312 e. The molecule has 0 aromatic carbocycles. The lowest BCUT2D eigenvalue weighted by Crippen LogP contribution is -2.63. The first-order valence-electron chi connectivity index (χ1n) is 14.0. The fourth-order valence-corrected chi connectivity index (χ4v) is 11.1. The SMILES string of the molecule is C=C(C)C(=O)CCC(C)C1CCC2(C)C3CCC4C(C)(C(=O)O)C(O)CC(O)C45CC35CCC12C. The van der Waals surface area contributed by atoms with E-state index in [9.17, 15) is 24.9 Å². The molecule has 5 aliphatic carbocycles. The molecule has 5 rings (SSSR count). The topological polar surface area (TPSA) is 94.8 Å². The second-order valence-corrected chi connectivity index (χ2v) is 14.1. The zero-order valence-corrected chi connectivity index (χ0v) is 22.4. The molecule has 5 saturated carbocycles. The molecule has 0 aliphatic heterocycles. The summed E-state index contributed by atoms with van der Waals surface area (Å²) in [5.74, 6) is 0.653. The first-order chi connectivity index (χ1) is 16.2. The summed E-state index contributed by atoms with van der Waals surface area (Å²) in [6.45, 7) is 14.7. The molecular formula is C30H46O5. The van der Waals surface area contributed by atoms with Gasteiger partial charge in [0.05, 0.1) is 17.6 Å². The van der Waals surface area contributed by atoms with Crippen LogP contribution in [-0.4, -0.2) is 39.3 Å². The second kappa shape index (κ2) is 7.66. The molecule has 5 nitrogen and oxygen atoms in total. The van der Waals surface area contributed by atoms with Gasteiger partial charge in [0.2, 0.25) is 0 Å². The molecule has 0 aromatic rings. The molecule has 0 bridgehead atoms. The highest BCUT2D eigenvalue weighted by atomic mass is 16.4. The minimum absolute atomic E-state index is 0.00842. The summed E-state index contributed by atoms with van der Waals surface area (Å²) in [5, 5.41) is 32.5. The van der Waals surface area contributed by atoms with Crippen LogP contribution < -0.4 is 0 Å². The summed E-state index contributed by atoms with van der Waals surface area (Å²) in [4.78, 5) is 24.7. The average Bonchev–Trinajstić information content (AvgIpc) is 3.40. The number of aliphatic hydroxyl groups excluding tert-OH is 2. The van der Waals surface area contributed by atoms with E-state index >= 15 is 0 Å². The summed E-state index contributed by atoms with van der Waals surface area (Å²) >= 11 is 0. The number of hydrogen-bond acceptors (Lipinski definition) is 4. The highest BCUT2D eigenvalue weighted by molar-refractivity contribution is 5.94. The predicted octanol–water partition coefficient (Wildman–Crippen LogP) is 5.38. The van der Waals surface area contributed by atoms with E-state index in [1.54, 1.807) is 13.8 Å².